The highest BCUT2D eigenvalue weighted by Crippen LogP contribution is 2.12. The van der Waals surface area contributed by atoms with Crippen LogP contribution in [0.15, 0.2) is 0 Å². The van der Waals surface area contributed by atoms with Gasteiger partial charge in [-0.15, -0.1) is 0 Å². The standard InChI is InChI=1S/C10H21NO2S/c1-5-6-9(10(12)13)11(3)8(2)7-14-4/h8-9H,5-7H2,1-4H3,(H,12,13). The zero-order valence-corrected chi connectivity index (χ0v) is 10.3. The van der Waals surface area contributed by atoms with E-state index in [1.165, 1.54) is 0 Å². The van der Waals surface area contributed by atoms with E-state index in [0.717, 1.165) is 18.6 Å². The Bertz CT molecular complexity index is 176. The average molecular weight is 219 g/mol. The number of hydrogen-bond donors (Lipinski definition) is 1. The smallest absolute Gasteiger partial charge is 0.320 e. The Morgan fingerprint density at radius 1 is 1.57 bits per heavy atom. The molecular formula is C10H21NO2S. The molecule has 0 aromatic heterocycles. The van der Waals surface area contributed by atoms with Gasteiger partial charge in [0.25, 0.3) is 0 Å². The fraction of sp³-hybridized carbons (Fsp3) is 0.900. The first kappa shape index (κ1) is 13.8. The van der Waals surface area contributed by atoms with Crippen molar-refractivity contribution < 1.29 is 9.90 Å². The molecule has 0 saturated heterocycles. The third-order valence-electron chi connectivity index (χ3n) is 2.44. The first-order valence-corrected chi connectivity index (χ1v) is 6.37. The van der Waals surface area contributed by atoms with Crippen LogP contribution in [0.1, 0.15) is 26.7 Å². The van der Waals surface area contributed by atoms with Gasteiger partial charge in [-0.1, -0.05) is 13.3 Å². The number of carbonyl (C=O) groups is 1. The van der Waals surface area contributed by atoms with Gasteiger partial charge < -0.3 is 5.11 Å². The largest absolute Gasteiger partial charge is 0.480 e. The molecule has 0 bridgehead atoms. The van der Waals surface area contributed by atoms with Crippen molar-refractivity contribution in [3.05, 3.63) is 0 Å². The summed E-state index contributed by atoms with van der Waals surface area (Å²) in [5.74, 6) is 0.270. The van der Waals surface area contributed by atoms with Gasteiger partial charge in [0.15, 0.2) is 0 Å². The lowest BCUT2D eigenvalue weighted by Gasteiger charge is -2.29. The van der Waals surface area contributed by atoms with Gasteiger partial charge in [-0.3, -0.25) is 9.69 Å². The Hall–Kier alpha value is -0.220. The van der Waals surface area contributed by atoms with Gasteiger partial charge in [-0.2, -0.15) is 11.8 Å². The van der Waals surface area contributed by atoms with Crippen molar-refractivity contribution in [2.24, 2.45) is 0 Å². The fourth-order valence-corrected chi connectivity index (χ4v) is 2.16. The van der Waals surface area contributed by atoms with E-state index in [2.05, 4.69) is 6.92 Å². The first-order valence-electron chi connectivity index (χ1n) is 4.98. The molecule has 84 valence electrons. The number of hydrogen-bond acceptors (Lipinski definition) is 3. The minimum atomic E-state index is -0.706. The summed E-state index contributed by atoms with van der Waals surface area (Å²) in [6.07, 6.45) is 3.68. The van der Waals surface area contributed by atoms with E-state index in [-0.39, 0.29) is 6.04 Å². The van der Waals surface area contributed by atoms with Gasteiger partial charge in [0.2, 0.25) is 0 Å². The lowest BCUT2D eigenvalue weighted by Crippen LogP contribution is -2.44. The molecule has 0 fully saturated rings. The summed E-state index contributed by atoms with van der Waals surface area (Å²) in [6, 6.07) is -0.0141. The Balaban J connectivity index is 4.26. The molecule has 4 heteroatoms. The van der Waals surface area contributed by atoms with Gasteiger partial charge in [0.1, 0.15) is 6.04 Å². The van der Waals surface area contributed by atoms with Crippen LogP contribution in [0.2, 0.25) is 0 Å². The van der Waals surface area contributed by atoms with Crippen molar-refractivity contribution in [1.29, 1.82) is 0 Å². The van der Waals surface area contributed by atoms with Crippen molar-refractivity contribution in [2.75, 3.05) is 19.1 Å². The number of carboxylic acid groups (broad SMARTS) is 1. The van der Waals surface area contributed by atoms with Gasteiger partial charge in [-0.05, 0) is 26.6 Å². The van der Waals surface area contributed by atoms with Crippen LogP contribution in [-0.4, -0.2) is 47.1 Å². The second-order valence-electron chi connectivity index (χ2n) is 3.61. The molecule has 0 aliphatic heterocycles. The number of likely N-dealkylation sites (N-methyl/N-ethyl adjacent to an activating group) is 1. The van der Waals surface area contributed by atoms with Gasteiger partial charge in [0.05, 0.1) is 0 Å². The second-order valence-corrected chi connectivity index (χ2v) is 4.52. The third-order valence-corrected chi connectivity index (χ3v) is 3.26. The molecule has 0 saturated carbocycles. The molecule has 0 aliphatic rings. The summed E-state index contributed by atoms with van der Waals surface area (Å²) >= 11 is 1.75. The molecule has 0 aromatic carbocycles. The molecule has 0 radical (unpaired) electrons. The highest BCUT2D eigenvalue weighted by molar-refractivity contribution is 7.98. The minimum Gasteiger partial charge on any atom is -0.480 e. The van der Waals surface area contributed by atoms with E-state index in [1.54, 1.807) is 11.8 Å². The summed E-state index contributed by atoms with van der Waals surface area (Å²) in [7, 11) is 1.90. The molecule has 3 nitrogen and oxygen atoms in total. The Labute approximate surface area is 90.9 Å². The lowest BCUT2D eigenvalue weighted by molar-refractivity contribution is -0.143. The van der Waals surface area contributed by atoms with Gasteiger partial charge >= 0.3 is 5.97 Å². The van der Waals surface area contributed by atoms with Crippen LogP contribution in [0, 0.1) is 0 Å². The highest BCUT2D eigenvalue weighted by atomic mass is 32.2. The van der Waals surface area contributed by atoms with E-state index in [1.807, 2.05) is 25.1 Å². The quantitative estimate of drug-likeness (QED) is 0.710. The summed E-state index contributed by atoms with van der Waals surface area (Å²) in [6.45, 7) is 4.09. The van der Waals surface area contributed by atoms with E-state index >= 15 is 0 Å². The van der Waals surface area contributed by atoms with E-state index in [4.69, 9.17) is 5.11 Å². The predicted molar refractivity (Wildman–Crippen MR) is 61.9 cm³/mol. The Morgan fingerprint density at radius 2 is 2.14 bits per heavy atom. The summed E-state index contributed by atoms with van der Waals surface area (Å²) in [4.78, 5) is 13.0. The van der Waals surface area contributed by atoms with Gasteiger partial charge in [0, 0.05) is 11.8 Å². The van der Waals surface area contributed by atoms with Crippen molar-refractivity contribution in [1.82, 2.24) is 4.90 Å². The third kappa shape index (κ3) is 4.33. The van der Waals surface area contributed by atoms with E-state index in [0.29, 0.717) is 6.04 Å². The number of nitrogens with zero attached hydrogens (tertiary/aromatic N) is 1. The maximum atomic E-state index is 11.0. The van der Waals surface area contributed by atoms with Crippen LogP contribution in [0.25, 0.3) is 0 Å². The normalized spacial score (nSPS) is 15.5. The molecule has 0 amide bonds. The molecule has 2 atom stereocenters. The summed E-state index contributed by atoms with van der Waals surface area (Å²) < 4.78 is 0. The zero-order valence-electron chi connectivity index (χ0n) is 9.49. The molecule has 14 heavy (non-hydrogen) atoms. The SMILES string of the molecule is CCCC(C(=O)O)N(C)C(C)CSC. The van der Waals surface area contributed by atoms with Crippen molar-refractivity contribution >= 4 is 17.7 Å². The summed E-state index contributed by atoms with van der Waals surface area (Å²) in [5.41, 5.74) is 0. The molecule has 0 aromatic rings. The monoisotopic (exact) mass is 219 g/mol. The summed E-state index contributed by atoms with van der Waals surface area (Å²) in [5, 5.41) is 9.04. The van der Waals surface area contributed by atoms with Crippen LogP contribution >= 0.6 is 11.8 Å². The number of aliphatic carboxylic acids is 1. The Kier molecular flexibility index (Phi) is 7.01. The average Bonchev–Trinajstić information content (AvgIpc) is 2.13. The molecule has 0 aliphatic carbocycles. The number of carboxylic acids is 1. The van der Waals surface area contributed by atoms with Crippen LogP contribution in [0.3, 0.4) is 0 Å². The molecular weight excluding hydrogens is 198 g/mol. The fourth-order valence-electron chi connectivity index (χ4n) is 1.44. The topological polar surface area (TPSA) is 40.5 Å². The van der Waals surface area contributed by atoms with E-state index < -0.39 is 5.97 Å². The minimum absolute atomic E-state index is 0.317. The van der Waals surface area contributed by atoms with Crippen molar-refractivity contribution in [2.45, 2.75) is 38.8 Å². The maximum absolute atomic E-state index is 11.0. The zero-order chi connectivity index (χ0) is 11.1. The van der Waals surface area contributed by atoms with E-state index in [9.17, 15) is 4.79 Å². The van der Waals surface area contributed by atoms with Crippen molar-refractivity contribution in [3.63, 3.8) is 0 Å². The number of thioether (sulfide) groups is 1. The van der Waals surface area contributed by atoms with Crippen LogP contribution in [0.4, 0.5) is 0 Å². The van der Waals surface area contributed by atoms with Crippen LogP contribution < -0.4 is 0 Å². The van der Waals surface area contributed by atoms with Crippen LogP contribution in [0.5, 0.6) is 0 Å². The molecule has 2 unspecified atom stereocenters. The Morgan fingerprint density at radius 3 is 2.50 bits per heavy atom. The highest BCUT2D eigenvalue weighted by Gasteiger charge is 2.24. The predicted octanol–water partition coefficient (Wildman–Crippen LogP) is 1.92. The molecule has 0 rings (SSSR count). The second kappa shape index (κ2) is 7.12. The maximum Gasteiger partial charge on any atom is 0.320 e. The van der Waals surface area contributed by atoms with Gasteiger partial charge in [-0.25, -0.2) is 0 Å². The molecule has 0 spiro atoms. The molecule has 1 N–H and O–H groups in total. The lowest BCUT2D eigenvalue weighted by atomic mass is 10.1. The molecule has 0 heterocycles. The first-order chi connectivity index (χ1) is 6.54. The number of rotatable bonds is 7. The van der Waals surface area contributed by atoms with Crippen LogP contribution in [-0.2, 0) is 4.79 Å². The van der Waals surface area contributed by atoms with Crippen molar-refractivity contribution in [3.8, 4) is 0 Å².